The van der Waals surface area contributed by atoms with Gasteiger partial charge < -0.3 is 19.0 Å². The normalized spacial score (nSPS) is 12.0. The predicted molar refractivity (Wildman–Crippen MR) is 119 cm³/mol. The molecule has 0 aliphatic rings. The van der Waals surface area contributed by atoms with Crippen molar-refractivity contribution in [3.63, 3.8) is 0 Å². The molecule has 164 valence electrons. The average Bonchev–Trinajstić information content (AvgIpc) is 3.27. The van der Waals surface area contributed by atoms with E-state index in [4.69, 9.17) is 25.5 Å². The van der Waals surface area contributed by atoms with E-state index in [2.05, 4.69) is 0 Å². The third-order valence-corrected chi connectivity index (χ3v) is 4.98. The molecule has 0 amide bonds. The Balaban J connectivity index is 1.65. The van der Waals surface area contributed by atoms with Gasteiger partial charge in [-0.15, -0.1) is 0 Å². The summed E-state index contributed by atoms with van der Waals surface area (Å²) in [6, 6.07) is 16.3. The molecule has 1 N–H and O–H groups in total. The van der Waals surface area contributed by atoms with Crippen molar-refractivity contribution in [1.82, 2.24) is 4.90 Å². The van der Waals surface area contributed by atoms with E-state index in [1.807, 2.05) is 48.2 Å². The summed E-state index contributed by atoms with van der Waals surface area (Å²) in [5, 5.41) is 11.3. The highest BCUT2D eigenvalue weighted by Crippen LogP contribution is 2.28. The van der Waals surface area contributed by atoms with Crippen LogP contribution in [0, 0.1) is 0 Å². The van der Waals surface area contributed by atoms with Gasteiger partial charge in [-0.05, 0) is 48.9 Å². The first kappa shape index (κ1) is 22.9. The molecule has 7 heteroatoms. The maximum absolute atomic E-state index is 11.0. The molecule has 1 aromatic heterocycles. The lowest BCUT2D eigenvalue weighted by Crippen LogP contribution is -2.35. The number of aliphatic hydroxyl groups is 1. The number of aliphatic hydroxyl groups excluding tert-OH is 1. The van der Waals surface area contributed by atoms with Crippen LogP contribution >= 0.6 is 11.6 Å². The third kappa shape index (κ3) is 6.85. The number of aldehydes is 1. The van der Waals surface area contributed by atoms with Crippen LogP contribution in [0.2, 0.25) is 5.02 Å². The summed E-state index contributed by atoms with van der Waals surface area (Å²) in [7, 11) is 0. The van der Waals surface area contributed by atoms with E-state index in [1.165, 1.54) is 0 Å². The fraction of sp³-hybridized carbons (Fsp3) is 0.292. The number of ether oxygens (including phenoxy) is 2. The number of hydrogen-bond acceptors (Lipinski definition) is 6. The van der Waals surface area contributed by atoms with E-state index in [0.717, 1.165) is 17.6 Å². The molecular weight excluding hydrogens is 418 g/mol. The first-order valence-corrected chi connectivity index (χ1v) is 10.5. The van der Waals surface area contributed by atoms with E-state index in [0.29, 0.717) is 48.3 Å². The Morgan fingerprint density at radius 3 is 2.65 bits per heavy atom. The van der Waals surface area contributed by atoms with Crippen molar-refractivity contribution in [3.8, 4) is 11.5 Å². The number of carbonyl (C=O) groups is 1. The molecule has 0 saturated carbocycles. The van der Waals surface area contributed by atoms with Crippen molar-refractivity contribution in [1.29, 1.82) is 0 Å². The fourth-order valence-electron chi connectivity index (χ4n) is 3.20. The van der Waals surface area contributed by atoms with Gasteiger partial charge in [-0.25, -0.2) is 0 Å². The van der Waals surface area contributed by atoms with Gasteiger partial charge in [0.1, 0.15) is 24.8 Å². The molecule has 1 atom stereocenters. The van der Waals surface area contributed by atoms with Crippen LogP contribution in [0.25, 0.3) is 0 Å². The van der Waals surface area contributed by atoms with E-state index in [-0.39, 0.29) is 6.61 Å². The van der Waals surface area contributed by atoms with E-state index in [9.17, 15) is 9.90 Å². The molecule has 2 aromatic carbocycles. The van der Waals surface area contributed by atoms with Crippen molar-refractivity contribution in [2.75, 3.05) is 19.8 Å². The van der Waals surface area contributed by atoms with Gasteiger partial charge in [-0.2, -0.15) is 0 Å². The summed E-state index contributed by atoms with van der Waals surface area (Å²) in [6.45, 7) is 3.78. The minimum absolute atomic E-state index is 0.0671. The number of furan rings is 1. The second-order valence-electron chi connectivity index (χ2n) is 7.06. The van der Waals surface area contributed by atoms with Crippen molar-refractivity contribution >= 4 is 17.9 Å². The summed E-state index contributed by atoms with van der Waals surface area (Å²) in [4.78, 5) is 13.1. The third-order valence-electron chi connectivity index (χ3n) is 4.62. The Kier molecular flexibility index (Phi) is 8.53. The lowest BCUT2D eigenvalue weighted by Gasteiger charge is -2.25. The zero-order chi connectivity index (χ0) is 22.1. The molecule has 0 spiro atoms. The Labute approximate surface area is 187 Å². The zero-order valence-electron chi connectivity index (χ0n) is 17.4. The minimum Gasteiger partial charge on any atom is -0.490 e. The number of rotatable bonds is 12. The molecule has 6 nitrogen and oxygen atoms in total. The fourth-order valence-corrected chi connectivity index (χ4v) is 3.39. The van der Waals surface area contributed by atoms with Crippen LogP contribution in [0.5, 0.6) is 11.5 Å². The second kappa shape index (κ2) is 11.6. The summed E-state index contributed by atoms with van der Waals surface area (Å²) in [5.74, 6) is 1.75. The summed E-state index contributed by atoms with van der Waals surface area (Å²) < 4.78 is 16.8. The van der Waals surface area contributed by atoms with Gasteiger partial charge in [0.25, 0.3) is 0 Å². The smallest absolute Gasteiger partial charge is 0.161 e. The molecule has 1 heterocycles. The average molecular weight is 444 g/mol. The van der Waals surface area contributed by atoms with Gasteiger partial charge in [-0.1, -0.05) is 29.8 Å². The van der Waals surface area contributed by atoms with Gasteiger partial charge in [-0.3, -0.25) is 9.69 Å². The quantitative estimate of drug-likeness (QED) is 0.413. The van der Waals surface area contributed by atoms with Crippen LogP contribution in [-0.2, 0) is 13.1 Å². The molecule has 0 fully saturated rings. The maximum Gasteiger partial charge on any atom is 0.161 e. The number of benzene rings is 2. The number of hydrogen-bond donors (Lipinski definition) is 1. The first-order valence-electron chi connectivity index (χ1n) is 10.1. The summed E-state index contributed by atoms with van der Waals surface area (Å²) in [6.07, 6.45) is 1.61. The summed E-state index contributed by atoms with van der Waals surface area (Å²) in [5.41, 5.74) is 1.47. The van der Waals surface area contributed by atoms with Crippen LogP contribution in [0.15, 0.2) is 65.3 Å². The predicted octanol–water partition coefficient (Wildman–Crippen LogP) is 4.59. The Morgan fingerprint density at radius 1 is 1.10 bits per heavy atom. The number of halogens is 1. The van der Waals surface area contributed by atoms with Crippen molar-refractivity contribution < 1.29 is 23.8 Å². The number of nitrogens with zero attached hydrogens (tertiary/aromatic N) is 1. The molecule has 0 aliphatic carbocycles. The molecule has 3 rings (SSSR count). The van der Waals surface area contributed by atoms with Crippen molar-refractivity contribution in [2.45, 2.75) is 26.1 Å². The minimum atomic E-state index is -0.766. The highest BCUT2D eigenvalue weighted by Gasteiger charge is 2.17. The van der Waals surface area contributed by atoms with Gasteiger partial charge in [0, 0.05) is 23.7 Å². The molecule has 0 bridgehead atoms. The zero-order valence-corrected chi connectivity index (χ0v) is 18.1. The van der Waals surface area contributed by atoms with Crippen LogP contribution < -0.4 is 9.47 Å². The SMILES string of the molecule is CCOc1cc(C=O)ccc1OCC(O)CN(Cc1ccco1)Cc1ccccc1Cl. The molecule has 31 heavy (non-hydrogen) atoms. The lowest BCUT2D eigenvalue weighted by molar-refractivity contribution is 0.0594. The van der Waals surface area contributed by atoms with Crippen molar-refractivity contribution in [3.05, 3.63) is 82.8 Å². The number of carbonyl (C=O) groups excluding carboxylic acids is 1. The van der Waals surface area contributed by atoms with Crippen LogP contribution in [-0.4, -0.2) is 42.2 Å². The van der Waals surface area contributed by atoms with E-state index < -0.39 is 6.10 Å². The van der Waals surface area contributed by atoms with Gasteiger partial charge >= 0.3 is 0 Å². The standard InChI is InChI=1S/C24H26ClNO5/c1-2-29-24-12-18(16-27)9-10-23(24)31-17-20(28)14-26(15-21-7-5-11-30-21)13-19-6-3-4-8-22(19)25/h3-12,16,20,28H,2,13-15,17H2,1H3. The monoisotopic (exact) mass is 443 g/mol. The lowest BCUT2D eigenvalue weighted by atomic mass is 10.2. The van der Waals surface area contributed by atoms with Crippen LogP contribution in [0.3, 0.4) is 0 Å². The Hall–Kier alpha value is -2.80. The first-order chi connectivity index (χ1) is 15.1. The van der Waals surface area contributed by atoms with Gasteiger partial charge in [0.2, 0.25) is 0 Å². The summed E-state index contributed by atoms with van der Waals surface area (Å²) >= 11 is 6.32. The molecule has 0 saturated heterocycles. The van der Waals surface area contributed by atoms with Crippen LogP contribution in [0.4, 0.5) is 0 Å². The van der Waals surface area contributed by atoms with E-state index >= 15 is 0 Å². The Bertz CT molecular complexity index is 960. The molecule has 3 aromatic rings. The molecule has 0 radical (unpaired) electrons. The molecule has 0 aliphatic heterocycles. The van der Waals surface area contributed by atoms with Gasteiger partial charge in [0.05, 0.1) is 19.4 Å². The highest BCUT2D eigenvalue weighted by atomic mass is 35.5. The molecule has 1 unspecified atom stereocenters. The van der Waals surface area contributed by atoms with Crippen molar-refractivity contribution in [2.24, 2.45) is 0 Å². The Morgan fingerprint density at radius 2 is 1.94 bits per heavy atom. The highest BCUT2D eigenvalue weighted by molar-refractivity contribution is 6.31. The van der Waals surface area contributed by atoms with E-state index in [1.54, 1.807) is 24.5 Å². The maximum atomic E-state index is 11.0. The molecular formula is C24H26ClNO5. The largest absolute Gasteiger partial charge is 0.490 e. The topological polar surface area (TPSA) is 72.1 Å². The van der Waals surface area contributed by atoms with Crippen LogP contribution in [0.1, 0.15) is 28.6 Å². The van der Waals surface area contributed by atoms with Gasteiger partial charge in [0.15, 0.2) is 11.5 Å². The second-order valence-corrected chi connectivity index (χ2v) is 7.47.